The van der Waals surface area contributed by atoms with E-state index in [1.165, 1.54) is 29.2 Å². The first-order chi connectivity index (χ1) is 22.0. The molecular formula is C35H37Cl2N3O5S. The first-order valence-electron chi connectivity index (χ1n) is 14.9. The van der Waals surface area contributed by atoms with Crippen molar-refractivity contribution in [3.05, 3.63) is 124 Å². The van der Waals surface area contributed by atoms with Gasteiger partial charge in [0.05, 0.1) is 17.2 Å². The Bertz CT molecular complexity index is 1720. The maximum Gasteiger partial charge on any atom is 0.264 e. The molecule has 4 aromatic rings. The highest BCUT2D eigenvalue weighted by Crippen LogP contribution is 2.33. The van der Waals surface area contributed by atoms with Crippen molar-refractivity contribution >= 4 is 50.7 Å². The first kappa shape index (κ1) is 34.8. The third kappa shape index (κ3) is 9.02. The number of sulfonamides is 1. The van der Waals surface area contributed by atoms with Crippen LogP contribution in [0, 0.1) is 0 Å². The SMILES string of the molecule is CCOc1ccccc1N(CC(=O)N(Cc1ccc(Cl)cc1)[C@@H](Cc1ccccc1)C(=O)NC(C)C)S(=O)(=O)c1ccc(Cl)cc1. The number of hydrogen-bond acceptors (Lipinski definition) is 5. The third-order valence-corrected chi connectivity index (χ3v) is 9.36. The zero-order chi connectivity index (χ0) is 33.3. The predicted molar refractivity (Wildman–Crippen MR) is 183 cm³/mol. The maximum atomic E-state index is 14.6. The second-order valence-electron chi connectivity index (χ2n) is 10.9. The molecule has 2 amide bonds. The summed E-state index contributed by atoms with van der Waals surface area (Å²) in [7, 11) is -4.31. The van der Waals surface area contributed by atoms with Gasteiger partial charge in [-0.05, 0) is 80.4 Å². The molecule has 242 valence electrons. The lowest BCUT2D eigenvalue weighted by Crippen LogP contribution is -2.54. The smallest absolute Gasteiger partial charge is 0.264 e. The number of rotatable bonds is 14. The Morgan fingerprint density at radius 3 is 2.00 bits per heavy atom. The standard InChI is InChI=1S/C35H37Cl2N3O5S/c1-4-45-33-13-9-8-12-31(33)40(46(43,44)30-20-18-29(37)19-21-30)24-34(41)39(23-27-14-16-28(36)17-15-27)32(35(42)38-25(2)3)22-26-10-6-5-7-11-26/h5-21,25,32H,4,22-24H2,1-3H3,(H,38,42)/t32-/m0/s1. The van der Waals surface area contributed by atoms with Crippen LogP contribution in [-0.2, 0) is 32.6 Å². The largest absolute Gasteiger partial charge is 0.492 e. The van der Waals surface area contributed by atoms with Gasteiger partial charge in [0.15, 0.2) is 0 Å². The molecule has 0 spiro atoms. The van der Waals surface area contributed by atoms with Crippen molar-refractivity contribution in [2.24, 2.45) is 0 Å². The first-order valence-corrected chi connectivity index (χ1v) is 17.1. The number of nitrogens with one attached hydrogen (secondary N) is 1. The molecule has 8 nitrogen and oxygen atoms in total. The number of carbonyl (C=O) groups excluding carboxylic acids is 2. The minimum atomic E-state index is -4.31. The average Bonchev–Trinajstić information content (AvgIpc) is 3.03. The van der Waals surface area contributed by atoms with Crippen LogP contribution in [0.15, 0.2) is 108 Å². The molecule has 4 rings (SSSR count). The maximum absolute atomic E-state index is 14.6. The molecule has 0 aliphatic heterocycles. The number of carbonyl (C=O) groups is 2. The van der Waals surface area contributed by atoms with Gasteiger partial charge >= 0.3 is 0 Å². The Labute approximate surface area is 280 Å². The summed E-state index contributed by atoms with van der Waals surface area (Å²) in [6, 6.07) is 27.5. The number of benzene rings is 4. The lowest BCUT2D eigenvalue weighted by Gasteiger charge is -2.34. The zero-order valence-electron chi connectivity index (χ0n) is 25.9. The van der Waals surface area contributed by atoms with Crippen LogP contribution in [0.2, 0.25) is 10.0 Å². The quantitative estimate of drug-likeness (QED) is 0.159. The Hall–Kier alpha value is -4.05. The summed E-state index contributed by atoms with van der Waals surface area (Å²) >= 11 is 12.2. The number of anilines is 1. The summed E-state index contributed by atoms with van der Waals surface area (Å²) in [6.45, 7) is 5.16. The van der Waals surface area contributed by atoms with Gasteiger partial charge in [-0.15, -0.1) is 0 Å². The number of ether oxygens (including phenoxy) is 1. The minimum absolute atomic E-state index is 0.0287. The molecule has 0 heterocycles. The van der Waals surface area contributed by atoms with E-state index in [1.54, 1.807) is 55.5 Å². The number of hydrogen-bond donors (Lipinski definition) is 1. The fourth-order valence-corrected chi connectivity index (χ4v) is 6.59. The van der Waals surface area contributed by atoms with E-state index in [2.05, 4.69) is 5.32 Å². The van der Waals surface area contributed by atoms with Crippen molar-refractivity contribution in [2.45, 2.75) is 50.7 Å². The van der Waals surface area contributed by atoms with E-state index in [1.807, 2.05) is 44.2 Å². The zero-order valence-corrected chi connectivity index (χ0v) is 28.2. The van der Waals surface area contributed by atoms with Crippen molar-refractivity contribution in [3.8, 4) is 5.75 Å². The van der Waals surface area contributed by atoms with Crippen LogP contribution in [0.4, 0.5) is 5.69 Å². The van der Waals surface area contributed by atoms with Crippen LogP contribution in [0.1, 0.15) is 31.9 Å². The topological polar surface area (TPSA) is 96.0 Å². The molecule has 0 radical (unpaired) electrons. The molecule has 0 aliphatic rings. The lowest BCUT2D eigenvalue weighted by atomic mass is 10.0. The predicted octanol–water partition coefficient (Wildman–Crippen LogP) is 6.75. The molecule has 0 aromatic heterocycles. The highest BCUT2D eigenvalue weighted by Gasteiger charge is 2.35. The third-order valence-electron chi connectivity index (χ3n) is 7.08. The average molecular weight is 683 g/mol. The molecular weight excluding hydrogens is 645 g/mol. The Balaban J connectivity index is 1.84. The van der Waals surface area contributed by atoms with Gasteiger partial charge in [-0.2, -0.15) is 0 Å². The molecule has 1 atom stereocenters. The normalized spacial score (nSPS) is 12.0. The Morgan fingerprint density at radius 1 is 0.804 bits per heavy atom. The summed E-state index contributed by atoms with van der Waals surface area (Å²) in [6.07, 6.45) is 0.207. The monoisotopic (exact) mass is 681 g/mol. The molecule has 0 aliphatic carbocycles. The van der Waals surface area contributed by atoms with E-state index in [9.17, 15) is 18.0 Å². The van der Waals surface area contributed by atoms with Gasteiger partial charge in [0.1, 0.15) is 18.3 Å². The molecule has 46 heavy (non-hydrogen) atoms. The highest BCUT2D eigenvalue weighted by molar-refractivity contribution is 7.92. The van der Waals surface area contributed by atoms with Crippen molar-refractivity contribution < 1.29 is 22.7 Å². The van der Waals surface area contributed by atoms with E-state index >= 15 is 0 Å². The summed E-state index contributed by atoms with van der Waals surface area (Å²) in [5.74, 6) is -0.653. The van der Waals surface area contributed by atoms with Crippen LogP contribution in [0.3, 0.4) is 0 Å². The summed E-state index contributed by atoms with van der Waals surface area (Å²) in [5, 5.41) is 3.83. The molecule has 4 aromatic carbocycles. The number of amides is 2. The van der Waals surface area contributed by atoms with Gasteiger partial charge in [0, 0.05) is 29.1 Å². The second kappa shape index (κ2) is 16.0. The van der Waals surface area contributed by atoms with Gasteiger partial charge < -0.3 is 15.0 Å². The molecule has 0 saturated carbocycles. The number of para-hydroxylation sites is 2. The molecule has 0 saturated heterocycles. The van der Waals surface area contributed by atoms with E-state index in [-0.39, 0.29) is 47.9 Å². The van der Waals surface area contributed by atoms with Crippen LogP contribution in [0.25, 0.3) is 0 Å². The Kier molecular flexibility index (Phi) is 12.1. The molecule has 0 unspecified atom stereocenters. The van der Waals surface area contributed by atoms with Gasteiger partial charge in [0.25, 0.3) is 10.0 Å². The van der Waals surface area contributed by atoms with Crippen molar-refractivity contribution in [1.82, 2.24) is 10.2 Å². The summed E-state index contributed by atoms with van der Waals surface area (Å²) < 4.78 is 35.3. The molecule has 0 bridgehead atoms. The number of nitrogens with zero attached hydrogens (tertiary/aromatic N) is 2. The summed E-state index contributed by atoms with van der Waals surface area (Å²) in [5.41, 5.74) is 1.74. The van der Waals surface area contributed by atoms with Gasteiger partial charge in [-0.3, -0.25) is 13.9 Å². The second-order valence-corrected chi connectivity index (χ2v) is 13.6. The molecule has 1 N–H and O–H groups in total. The molecule has 0 fully saturated rings. The lowest BCUT2D eigenvalue weighted by molar-refractivity contribution is -0.140. The van der Waals surface area contributed by atoms with Crippen molar-refractivity contribution in [2.75, 3.05) is 17.5 Å². The highest BCUT2D eigenvalue weighted by atomic mass is 35.5. The van der Waals surface area contributed by atoms with Crippen LogP contribution < -0.4 is 14.4 Å². The minimum Gasteiger partial charge on any atom is -0.492 e. The van der Waals surface area contributed by atoms with Gasteiger partial charge in [-0.25, -0.2) is 8.42 Å². The molecule has 11 heteroatoms. The van der Waals surface area contributed by atoms with Crippen molar-refractivity contribution in [3.63, 3.8) is 0 Å². The fraction of sp³-hybridized carbons (Fsp3) is 0.257. The van der Waals surface area contributed by atoms with E-state index in [0.29, 0.717) is 10.0 Å². The van der Waals surface area contributed by atoms with E-state index in [0.717, 1.165) is 15.4 Å². The van der Waals surface area contributed by atoms with E-state index < -0.39 is 28.5 Å². The van der Waals surface area contributed by atoms with Crippen molar-refractivity contribution in [1.29, 1.82) is 0 Å². The van der Waals surface area contributed by atoms with Crippen LogP contribution >= 0.6 is 23.2 Å². The van der Waals surface area contributed by atoms with Gasteiger partial charge in [-0.1, -0.05) is 77.8 Å². The summed E-state index contributed by atoms with van der Waals surface area (Å²) in [4.78, 5) is 29.8. The number of halogens is 2. The Morgan fingerprint density at radius 2 is 1.39 bits per heavy atom. The van der Waals surface area contributed by atoms with Crippen LogP contribution in [-0.4, -0.2) is 50.4 Å². The van der Waals surface area contributed by atoms with Crippen LogP contribution in [0.5, 0.6) is 5.75 Å². The fourth-order valence-electron chi connectivity index (χ4n) is 4.91. The van der Waals surface area contributed by atoms with E-state index in [4.69, 9.17) is 27.9 Å². The van der Waals surface area contributed by atoms with Gasteiger partial charge in [0.2, 0.25) is 11.8 Å².